The van der Waals surface area contributed by atoms with Gasteiger partial charge in [-0.2, -0.15) is 0 Å². The quantitative estimate of drug-likeness (QED) is 0.521. The fourth-order valence-electron chi connectivity index (χ4n) is 5.53. The first kappa shape index (κ1) is 25.4. The molecule has 3 heterocycles. The summed E-state index contributed by atoms with van der Waals surface area (Å²) in [7, 11) is 1.82. The molecule has 3 atom stereocenters. The number of aliphatic hydroxyl groups is 1. The number of benzene rings is 1. The Labute approximate surface area is 215 Å². The van der Waals surface area contributed by atoms with Crippen LogP contribution in [-0.4, -0.2) is 91.2 Å². The third-order valence-corrected chi connectivity index (χ3v) is 7.70. The molecule has 2 aliphatic heterocycles. The van der Waals surface area contributed by atoms with E-state index in [9.17, 15) is 5.11 Å². The molecule has 3 fully saturated rings. The van der Waals surface area contributed by atoms with E-state index in [1.807, 2.05) is 31.3 Å². The Bertz CT molecular complexity index is 1020. The molecule has 0 radical (unpaired) electrons. The van der Waals surface area contributed by atoms with Gasteiger partial charge in [-0.05, 0) is 64.6 Å². The number of aromatic nitrogens is 2. The van der Waals surface area contributed by atoms with Crippen LogP contribution in [0.2, 0.25) is 0 Å². The third-order valence-electron chi connectivity index (χ3n) is 7.70. The zero-order chi connectivity index (χ0) is 25.1. The van der Waals surface area contributed by atoms with Crippen molar-refractivity contribution in [3.05, 3.63) is 35.5 Å². The maximum atomic E-state index is 10.0. The Morgan fingerprint density at radius 1 is 1.22 bits per heavy atom. The highest BCUT2D eigenvalue weighted by Gasteiger charge is 2.36. The van der Waals surface area contributed by atoms with Crippen molar-refractivity contribution in [2.75, 3.05) is 57.9 Å². The minimum atomic E-state index is -0.558. The topological polar surface area (TPSA) is 83.0 Å². The minimum absolute atomic E-state index is 0.236. The smallest absolute Gasteiger partial charge is 0.161 e. The zero-order valence-corrected chi connectivity index (χ0v) is 21.9. The summed E-state index contributed by atoms with van der Waals surface area (Å²) in [6.07, 6.45) is 4.14. The van der Waals surface area contributed by atoms with Gasteiger partial charge in [0.25, 0.3) is 0 Å². The van der Waals surface area contributed by atoms with E-state index in [2.05, 4.69) is 29.0 Å². The van der Waals surface area contributed by atoms with Crippen molar-refractivity contribution < 1.29 is 14.6 Å². The number of anilines is 1. The fourth-order valence-corrected chi connectivity index (χ4v) is 5.53. The molecule has 1 saturated carbocycles. The Balaban J connectivity index is 1.42. The van der Waals surface area contributed by atoms with Crippen LogP contribution in [0.25, 0.3) is 11.4 Å². The Hall–Kier alpha value is -2.26. The first-order valence-corrected chi connectivity index (χ1v) is 13.5. The lowest BCUT2D eigenvalue weighted by molar-refractivity contribution is 0.108. The van der Waals surface area contributed by atoms with Crippen LogP contribution in [-0.2, 0) is 11.2 Å². The van der Waals surface area contributed by atoms with E-state index < -0.39 is 6.10 Å². The normalized spacial score (nSPS) is 23.7. The van der Waals surface area contributed by atoms with Crippen LogP contribution in [0.4, 0.5) is 5.82 Å². The van der Waals surface area contributed by atoms with Gasteiger partial charge in [-0.15, -0.1) is 0 Å². The number of ether oxygens (including phenoxy) is 2. The Morgan fingerprint density at radius 2 is 2.08 bits per heavy atom. The lowest BCUT2D eigenvalue weighted by atomic mass is 9.99. The van der Waals surface area contributed by atoms with E-state index in [0.717, 1.165) is 74.6 Å². The number of nitrogens with zero attached hydrogens (tertiary/aromatic N) is 4. The largest absolute Gasteiger partial charge is 0.491 e. The number of rotatable bonds is 10. The molecular formula is C28H41N5O3. The summed E-state index contributed by atoms with van der Waals surface area (Å²) in [5.74, 6) is 3.02. The monoisotopic (exact) mass is 495 g/mol. The van der Waals surface area contributed by atoms with Crippen molar-refractivity contribution in [3.8, 4) is 17.1 Å². The van der Waals surface area contributed by atoms with Crippen LogP contribution in [0.5, 0.6) is 5.75 Å². The average Bonchev–Trinajstić information content (AvgIpc) is 3.59. The average molecular weight is 496 g/mol. The lowest BCUT2D eigenvalue weighted by Gasteiger charge is -2.41. The van der Waals surface area contributed by atoms with Crippen molar-refractivity contribution in [1.29, 1.82) is 0 Å². The van der Waals surface area contributed by atoms with Gasteiger partial charge in [0.1, 0.15) is 24.3 Å². The first-order valence-electron chi connectivity index (χ1n) is 13.5. The molecule has 1 unspecified atom stereocenters. The van der Waals surface area contributed by atoms with Crippen LogP contribution in [0, 0.1) is 12.8 Å². The van der Waals surface area contributed by atoms with Crippen LogP contribution in [0.1, 0.15) is 37.4 Å². The van der Waals surface area contributed by atoms with Crippen molar-refractivity contribution >= 4 is 5.82 Å². The van der Waals surface area contributed by atoms with Gasteiger partial charge in [0.15, 0.2) is 5.82 Å². The SMILES string of the molecule is CNCC(O)COc1cccc(-c2nc(C[C@@H]3CCOC3)c(C)c(N3CCN(C4CC4)[C@H](C)C3)n2)c1. The van der Waals surface area contributed by atoms with E-state index in [1.165, 1.54) is 18.4 Å². The molecule has 2 aromatic rings. The molecule has 5 rings (SSSR count). The van der Waals surface area contributed by atoms with Gasteiger partial charge in [0.2, 0.25) is 0 Å². The summed E-state index contributed by atoms with van der Waals surface area (Å²) in [5, 5.41) is 13.0. The van der Waals surface area contributed by atoms with Gasteiger partial charge in [-0.25, -0.2) is 9.97 Å². The van der Waals surface area contributed by atoms with Crippen molar-refractivity contribution in [2.45, 2.75) is 57.7 Å². The first-order chi connectivity index (χ1) is 17.5. The molecule has 0 amide bonds. The highest BCUT2D eigenvalue weighted by Crippen LogP contribution is 2.33. The highest BCUT2D eigenvalue weighted by atomic mass is 16.5. The number of aliphatic hydroxyl groups excluding tert-OH is 1. The summed E-state index contributed by atoms with van der Waals surface area (Å²) in [5.41, 5.74) is 3.25. The van der Waals surface area contributed by atoms with Crippen LogP contribution >= 0.6 is 0 Å². The predicted octanol–water partition coefficient (Wildman–Crippen LogP) is 2.66. The fraction of sp³-hybridized carbons (Fsp3) is 0.643. The summed E-state index contributed by atoms with van der Waals surface area (Å²) >= 11 is 0. The van der Waals surface area contributed by atoms with Gasteiger partial charge in [-0.1, -0.05) is 12.1 Å². The molecule has 2 N–H and O–H groups in total. The number of likely N-dealkylation sites (N-methyl/N-ethyl adjacent to an activating group) is 1. The molecule has 2 saturated heterocycles. The standard InChI is InChI=1S/C28H41N5O3/c1-19-16-32(10-11-33(19)23-7-8-23)28-20(2)26(13-21-9-12-35-17-21)30-27(31-28)22-5-4-6-25(14-22)36-18-24(34)15-29-3/h4-6,14,19,21,23-24,29,34H,7-13,15-18H2,1-3H3/t19-,21+,24?/m1/s1. The van der Waals surface area contributed by atoms with Gasteiger partial charge in [-0.3, -0.25) is 4.90 Å². The van der Waals surface area contributed by atoms with Crippen molar-refractivity contribution in [1.82, 2.24) is 20.2 Å². The predicted molar refractivity (Wildman–Crippen MR) is 142 cm³/mol. The molecule has 196 valence electrons. The van der Waals surface area contributed by atoms with Gasteiger partial charge >= 0.3 is 0 Å². The second kappa shape index (κ2) is 11.4. The lowest BCUT2D eigenvalue weighted by Crippen LogP contribution is -2.53. The van der Waals surface area contributed by atoms with E-state index in [4.69, 9.17) is 19.4 Å². The van der Waals surface area contributed by atoms with E-state index in [0.29, 0.717) is 24.3 Å². The van der Waals surface area contributed by atoms with Gasteiger partial charge in [0.05, 0.1) is 0 Å². The van der Waals surface area contributed by atoms with E-state index in [1.54, 1.807) is 0 Å². The summed E-state index contributed by atoms with van der Waals surface area (Å²) < 4.78 is 11.5. The van der Waals surface area contributed by atoms with E-state index in [-0.39, 0.29) is 6.61 Å². The molecule has 1 aromatic carbocycles. The number of hydrogen-bond donors (Lipinski definition) is 2. The van der Waals surface area contributed by atoms with Gasteiger partial charge < -0.3 is 24.8 Å². The zero-order valence-electron chi connectivity index (χ0n) is 21.9. The molecule has 3 aliphatic rings. The number of nitrogens with one attached hydrogen (secondary N) is 1. The summed E-state index contributed by atoms with van der Waals surface area (Å²) in [6.45, 7) is 9.99. The maximum Gasteiger partial charge on any atom is 0.161 e. The molecule has 0 bridgehead atoms. The van der Waals surface area contributed by atoms with Crippen LogP contribution in [0.3, 0.4) is 0 Å². The van der Waals surface area contributed by atoms with Gasteiger partial charge in [0, 0.05) is 68.3 Å². The number of piperazine rings is 1. The Kier molecular flexibility index (Phi) is 8.06. The third kappa shape index (κ3) is 5.99. The highest BCUT2D eigenvalue weighted by molar-refractivity contribution is 5.62. The minimum Gasteiger partial charge on any atom is -0.491 e. The Morgan fingerprint density at radius 3 is 2.81 bits per heavy atom. The maximum absolute atomic E-state index is 10.0. The van der Waals surface area contributed by atoms with Crippen LogP contribution in [0.15, 0.2) is 24.3 Å². The second-order valence-electron chi connectivity index (χ2n) is 10.7. The van der Waals surface area contributed by atoms with E-state index >= 15 is 0 Å². The molecule has 8 nitrogen and oxygen atoms in total. The molecule has 1 aromatic heterocycles. The molecule has 36 heavy (non-hydrogen) atoms. The van der Waals surface area contributed by atoms with Crippen molar-refractivity contribution in [2.24, 2.45) is 5.92 Å². The molecule has 0 spiro atoms. The second-order valence-corrected chi connectivity index (χ2v) is 10.7. The molecule has 1 aliphatic carbocycles. The van der Waals surface area contributed by atoms with Crippen molar-refractivity contribution in [3.63, 3.8) is 0 Å². The van der Waals surface area contributed by atoms with Crippen LogP contribution < -0.4 is 15.0 Å². The summed E-state index contributed by atoms with van der Waals surface area (Å²) in [4.78, 5) is 15.4. The molecule has 8 heteroatoms. The summed E-state index contributed by atoms with van der Waals surface area (Å²) in [6, 6.07) is 9.23. The molecular weight excluding hydrogens is 454 g/mol. The number of hydrogen-bond acceptors (Lipinski definition) is 8.